The van der Waals surface area contributed by atoms with Gasteiger partial charge in [0.1, 0.15) is 5.94 Å². The van der Waals surface area contributed by atoms with Crippen molar-refractivity contribution in [2.75, 3.05) is 33.7 Å². The number of hydrogen-bond donors (Lipinski definition) is 2. The van der Waals surface area contributed by atoms with Crippen LogP contribution >= 0.6 is 47.0 Å². The van der Waals surface area contributed by atoms with E-state index in [9.17, 15) is 4.79 Å². The average molecular weight is 303 g/mol. The normalized spacial score (nSPS) is 10.1. The maximum atomic E-state index is 11.1. The van der Waals surface area contributed by atoms with Gasteiger partial charge in [0.15, 0.2) is 0 Å². The van der Waals surface area contributed by atoms with Crippen molar-refractivity contribution in [2.24, 2.45) is 0 Å². The van der Waals surface area contributed by atoms with E-state index in [1.54, 1.807) is 11.8 Å². The summed E-state index contributed by atoms with van der Waals surface area (Å²) >= 11 is 6.34. The van der Waals surface area contributed by atoms with Crippen LogP contribution in [-0.2, 0) is 4.74 Å². The third-order valence-corrected chi connectivity index (χ3v) is 5.11. The third kappa shape index (κ3) is 12.7. The molecular weight excluding hydrogens is 286 g/mol. The summed E-state index contributed by atoms with van der Waals surface area (Å²) in [6.07, 6.45) is -0.379. The van der Waals surface area contributed by atoms with Crippen LogP contribution in [0.2, 0.25) is 0 Å². The first-order chi connectivity index (χ1) is 7.81. The van der Waals surface area contributed by atoms with Crippen molar-refractivity contribution < 1.29 is 14.6 Å². The maximum Gasteiger partial charge on any atom is 0.408 e. The van der Waals surface area contributed by atoms with Gasteiger partial charge in [-0.1, -0.05) is 6.92 Å². The SMILES string of the molecule is CCSCSCOC(=O)NCSCSCO. The van der Waals surface area contributed by atoms with Crippen LogP contribution in [0.4, 0.5) is 4.79 Å². The Labute approximate surface area is 113 Å². The minimum absolute atomic E-state index is 0.114. The highest BCUT2D eigenvalue weighted by atomic mass is 32.2. The standard InChI is InChI=1S/C8H17NO3S4/c1-2-13-6-16-5-12-8(11)9-3-14-7-15-4-10/h10H,2-7H2,1H3,(H,9,11). The molecular formula is C8H17NO3S4. The van der Waals surface area contributed by atoms with Crippen molar-refractivity contribution in [3.05, 3.63) is 0 Å². The molecule has 0 atom stereocenters. The molecule has 0 unspecified atom stereocenters. The zero-order chi connectivity index (χ0) is 12.1. The number of ether oxygens (including phenoxy) is 1. The molecule has 0 aliphatic carbocycles. The van der Waals surface area contributed by atoms with Crippen LogP contribution in [0.3, 0.4) is 0 Å². The molecule has 0 aliphatic rings. The first-order valence-electron chi connectivity index (χ1n) is 4.63. The Balaban J connectivity index is 3.12. The lowest BCUT2D eigenvalue weighted by molar-refractivity contribution is 0.168. The van der Waals surface area contributed by atoms with Gasteiger partial charge in [0.25, 0.3) is 0 Å². The summed E-state index contributed by atoms with van der Waals surface area (Å²) < 4.78 is 4.93. The number of thioether (sulfide) groups is 4. The number of carbonyl (C=O) groups is 1. The van der Waals surface area contributed by atoms with Crippen LogP contribution in [0, 0.1) is 0 Å². The second kappa shape index (κ2) is 13.7. The predicted octanol–water partition coefficient (Wildman–Crippen LogP) is 2.45. The number of amides is 1. The van der Waals surface area contributed by atoms with E-state index >= 15 is 0 Å². The predicted molar refractivity (Wildman–Crippen MR) is 77.1 cm³/mol. The van der Waals surface area contributed by atoms with E-state index in [0.717, 1.165) is 15.9 Å². The Bertz CT molecular complexity index is 157. The smallest absolute Gasteiger partial charge is 0.408 e. The summed E-state index contributed by atoms with van der Waals surface area (Å²) in [5.74, 6) is 2.11. The highest BCUT2D eigenvalue weighted by molar-refractivity contribution is 8.16. The van der Waals surface area contributed by atoms with Crippen LogP contribution in [0.25, 0.3) is 0 Å². The molecule has 0 heterocycles. The summed E-state index contributed by atoms with van der Waals surface area (Å²) in [7, 11) is 0. The first kappa shape index (κ1) is 16.6. The van der Waals surface area contributed by atoms with E-state index < -0.39 is 0 Å². The fourth-order valence-electron chi connectivity index (χ4n) is 0.570. The molecule has 1 amide bonds. The number of carbonyl (C=O) groups excluding carboxylic acids is 1. The Morgan fingerprint density at radius 2 is 2.00 bits per heavy atom. The van der Waals surface area contributed by atoms with Gasteiger partial charge in [-0.05, 0) is 5.75 Å². The molecule has 0 radical (unpaired) electrons. The minimum Gasteiger partial charge on any atom is -0.438 e. The molecule has 0 aromatic carbocycles. The Morgan fingerprint density at radius 1 is 1.25 bits per heavy atom. The summed E-state index contributed by atoms with van der Waals surface area (Å²) in [5.41, 5.74) is 0. The summed E-state index contributed by atoms with van der Waals surface area (Å²) in [4.78, 5) is 11.1. The number of hydrogen-bond acceptors (Lipinski definition) is 7. The molecule has 4 nitrogen and oxygen atoms in total. The quantitative estimate of drug-likeness (QED) is 0.475. The Kier molecular flexibility index (Phi) is 14.2. The minimum atomic E-state index is -0.379. The highest BCUT2D eigenvalue weighted by Gasteiger charge is 2.00. The van der Waals surface area contributed by atoms with Gasteiger partial charge in [-0.25, -0.2) is 4.79 Å². The van der Waals surface area contributed by atoms with E-state index in [4.69, 9.17) is 9.84 Å². The van der Waals surface area contributed by atoms with Crippen molar-refractivity contribution >= 4 is 53.1 Å². The van der Waals surface area contributed by atoms with E-state index in [0.29, 0.717) is 11.8 Å². The van der Waals surface area contributed by atoms with E-state index in [2.05, 4.69) is 12.2 Å². The van der Waals surface area contributed by atoms with E-state index in [1.165, 1.54) is 23.5 Å². The van der Waals surface area contributed by atoms with Gasteiger partial charge in [0, 0.05) is 10.2 Å². The number of alkyl carbamates (subject to hydrolysis) is 1. The Morgan fingerprint density at radius 3 is 2.69 bits per heavy atom. The fraction of sp³-hybridized carbons (Fsp3) is 0.875. The number of aliphatic hydroxyl groups excluding tert-OH is 1. The van der Waals surface area contributed by atoms with Crippen LogP contribution in [0.1, 0.15) is 6.92 Å². The van der Waals surface area contributed by atoms with Crippen molar-refractivity contribution in [3.8, 4) is 0 Å². The maximum absolute atomic E-state index is 11.1. The van der Waals surface area contributed by atoms with Crippen LogP contribution < -0.4 is 5.32 Å². The highest BCUT2D eigenvalue weighted by Crippen LogP contribution is 2.11. The lowest BCUT2D eigenvalue weighted by Gasteiger charge is -2.05. The lowest BCUT2D eigenvalue weighted by atomic mass is 11.0. The van der Waals surface area contributed by atoms with Crippen LogP contribution in [0.15, 0.2) is 0 Å². The zero-order valence-electron chi connectivity index (χ0n) is 9.14. The van der Waals surface area contributed by atoms with Gasteiger partial charge in [0.2, 0.25) is 0 Å². The number of nitrogens with one attached hydrogen (secondary N) is 1. The van der Waals surface area contributed by atoms with Gasteiger partial charge < -0.3 is 15.2 Å². The molecule has 96 valence electrons. The Hall–Kier alpha value is 0.630. The molecule has 16 heavy (non-hydrogen) atoms. The molecule has 0 rings (SSSR count). The molecule has 0 aromatic heterocycles. The van der Waals surface area contributed by atoms with Crippen LogP contribution in [0.5, 0.6) is 0 Å². The van der Waals surface area contributed by atoms with Gasteiger partial charge >= 0.3 is 6.09 Å². The molecule has 2 N–H and O–H groups in total. The summed E-state index contributed by atoms with van der Waals surface area (Å²) in [6.45, 7) is 2.10. The molecule has 0 fully saturated rings. The summed E-state index contributed by atoms with van der Waals surface area (Å²) in [6, 6.07) is 0. The van der Waals surface area contributed by atoms with Crippen molar-refractivity contribution in [2.45, 2.75) is 6.92 Å². The average Bonchev–Trinajstić information content (AvgIpc) is 2.28. The molecule has 0 aliphatic heterocycles. The van der Waals surface area contributed by atoms with Gasteiger partial charge in [0.05, 0.1) is 11.8 Å². The largest absolute Gasteiger partial charge is 0.438 e. The second-order valence-corrected chi connectivity index (χ2v) is 7.22. The number of rotatable bonds is 10. The van der Waals surface area contributed by atoms with Gasteiger partial charge in [-0.15, -0.1) is 35.3 Å². The fourth-order valence-corrected chi connectivity index (χ4v) is 3.49. The molecule has 0 aromatic rings. The topological polar surface area (TPSA) is 58.6 Å². The molecule has 0 spiro atoms. The zero-order valence-corrected chi connectivity index (χ0v) is 12.4. The van der Waals surface area contributed by atoms with E-state index in [-0.39, 0.29) is 12.0 Å². The van der Waals surface area contributed by atoms with Crippen molar-refractivity contribution in [1.29, 1.82) is 0 Å². The van der Waals surface area contributed by atoms with Gasteiger partial charge in [-0.3, -0.25) is 0 Å². The van der Waals surface area contributed by atoms with Crippen molar-refractivity contribution in [1.82, 2.24) is 5.32 Å². The second-order valence-electron chi connectivity index (χ2n) is 2.34. The van der Waals surface area contributed by atoms with Crippen molar-refractivity contribution in [3.63, 3.8) is 0 Å². The third-order valence-electron chi connectivity index (χ3n) is 1.22. The van der Waals surface area contributed by atoms with E-state index in [1.807, 2.05) is 11.8 Å². The first-order valence-corrected chi connectivity index (χ1v) is 9.25. The van der Waals surface area contributed by atoms with Crippen LogP contribution in [-0.4, -0.2) is 44.9 Å². The monoisotopic (exact) mass is 303 g/mol. The molecule has 0 saturated carbocycles. The number of aliphatic hydroxyl groups is 1. The molecule has 8 heteroatoms. The summed E-state index contributed by atoms with van der Waals surface area (Å²) in [5, 5.41) is 12.8. The lowest BCUT2D eigenvalue weighted by Crippen LogP contribution is -2.23. The molecule has 0 bridgehead atoms. The van der Waals surface area contributed by atoms with Gasteiger partial charge in [-0.2, -0.15) is 11.8 Å². The molecule has 0 saturated heterocycles.